The van der Waals surface area contributed by atoms with Crippen LogP contribution in [0.4, 0.5) is 0 Å². The first-order valence-corrected chi connectivity index (χ1v) is 12.7. The third kappa shape index (κ3) is 5.53. The van der Waals surface area contributed by atoms with Crippen LogP contribution in [0.25, 0.3) is 27.8 Å². The maximum absolute atomic E-state index is 13.1. The molecule has 2 aromatic carbocycles. The second-order valence-corrected chi connectivity index (χ2v) is 10.8. The minimum Gasteiger partial charge on any atom is -0.349 e. The molecule has 0 unspecified atom stereocenters. The summed E-state index contributed by atoms with van der Waals surface area (Å²) in [6, 6.07) is 20.0. The lowest BCUT2D eigenvalue weighted by molar-refractivity contribution is -0.118. The Labute approximate surface area is 216 Å². The standard InChI is InChI=1S/C31H31N3O3/c1-20(35)17-31(2,3)18-21-9-11-22(12-10-21)23-6-4-7-25(16-23)34-19-27(30(37)33-24-13-14-24)28(36)26-8-5-15-32-29(26)34/h4-12,15-16,19,24H,13-14,17-18H2,1-3H3,(H,33,37). The van der Waals surface area contributed by atoms with E-state index in [0.29, 0.717) is 17.5 Å². The zero-order valence-electron chi connectivity index (χ0n) is 21.5. The fraction of sp³-hybridized carbons (Fsp3) is 0.290. The summed E-state index contributed by atoms with van der Waals surface area (Å²) in [5, 5.41) is 3.34. The number of rotatable bonds is 8. The quantitative estimate of drug-likeness (QED) is 0.352. The Balaban J connectivity index is 1.50. The van der Waals surface area contributed by atoms with Gasteiger partial charge in [0.05, 0.1) is 5.39 Å². The molecular formula is C31H31N3O3. The largest absolute Gasteiger partial charge is 0.349 e. The number of nitrogens with zero attached hydrogens (tertiary/aromatic N) is 2. The molecule has 0 saturated heterocycles. The Morgan fingerprint density at radius 1 is 1.03 bits per heavy atom. The summed E-state index contributed by atoms with van der Waals surface area (Å²) in [4.78, 5) is 42.0. The number of ketones is 1. The summed E-state index contributed by atoms with van der Waals surface area (Å²) in [5.74, 6) is -0.136. The van der Waals surface area contributed by atoms with Gasteiger partial charge in [-0.1, -0.05) is 50.2 Å². The summed E-state index contributed by atoms with van der Waals surface area (Å²) < 4.78 is 1.82. The van der Waals surface area contributed by atoms with Crippen molar-refractivity contribution in [1.82, 2.24) is 14.9 Å². The van der Waals surface area contributed by atoms with E-state index in [0.717, 1.165) is 36.1 Å². The SMILES string of the molecule is CC(=O)CC(C)(C)Cc1ccc(-c2cccc(-n3cc(C(=O)NC4CC4)c(=O)c4cccnc43)c2)cc1. The lowest BCUT2D eigenvalue weighted by Gasteiger charge is -2.23. The first-order valence-electron chi connectivity index (χ1n) is 12.7. The van der Waals surface area contributed by atoms with Crippen LogP contribution in [0.5, 0.6) is 0 Å². The molecule has 1 aliphatic carbocycles. The van der Waals surface area contributed by atoms with Crippen LogP contribution in [0, 0.1) is 5.41 Å². The molecule has 2 heterocycles. The number of hydrogen-bond donors (Lipinski definition) is 1. The van der Waals surface area contributed by atoms with Crippen LogP contribution in [0.2, 0.25) is 0 Å². The van der Waals surface area contributed by atoms with Crippen LogP contribution in [0.15, 0.2) is 77.9 Å². The molecule has 1 N–H and O–H groups in total. The Hall–Kier alpha value is -4.06. The van der Waals surface area contributed by atoms with Crippen LogP contribution in [-0.4, -0.2) is 27.3 Å². The van der Waals surface area contributed by atoms with E-state index in [1.54, 1.807) is 31.5 Å². The number of carbonyl (C=O) groups is 2. The second-order valence-electron chi connectivity index (χ2n) is 10.8. The molecule has 5 rings (SSSR count). The molecule has 1 fully saturated rings. The second kappa shape index (κ2) is 9.77. The number of hydrogen-bond acceptors (Lipinski definition) is 4. The third-order valence-electron chi connectivity index (χ3n) is 6.74. The molecule has 0 spiro atoms. The monoisotopic (exact) mass is 493 g/mol. The van der Waals surface area contributed by atoms with Crippen molar-refractivity contribution in [3.8, 4) is 16.8 Å². The molecular weight excluding hydrogens is 462 g/mol. The van der Waals surface area contributed by atoms with E-state index in [9.17, 15) is 14.4 Å². The molecule has 6 heteroatoms. The van der Waals surface area contributed by atoms with E-state index in [1.807, 2.05) is 28.8 Å². The topological polar surface area (TPSA) is 81.1 Å². The zero-order chi connectivity index (χ0) is 26.2. The van der Waals surface area contributed by atoms with Gasteiger partial charge < -0.3 is 14.7 Å². The van der Waals surface area contributed by atoms with Crippen LogP contribution < -0.4 is 10.7 Å². The van der Waals surface area contributed by atoms with Gasteiger partial charge in [-0.2, -0.15) is 0 Å². The van der Waals surface area contributed by atoms with Crippen molar-refractivity contribution in [2.75, 3.05) is 0 Å². The van der Waals surface area contributed by atoms with E-state index in [2.05, 4.69) is 48.4 Å². The highest BCUT2D eigenvalue weighted by Gasteiger charge is 2.26. The molecule has 1 amide bonds. The molecule has 188 valence electrons. The predicted molar refractivity (Wildman–Crippen MR) is 146 cm³/mol. The smallest absolute Gasteiger partial charge is 0.257 e. The summed E-state index contributed by atoms with van der Waals surface area (Å²) in [5.41, 5.74) is 4.30. The van der Waals surface area contributed by atoms with Crippen molar-refractivity contribution in [2.24, 2.45) is 5.41 Å². The molecule has 0 aliphatic heterocycles. The van der Waals surface area contributed by atoms with Gasteiger partial charge in [-0.15, -0.1) is 0 Å². The fourth-order valence-electron chi connectivity index (χ4n) is 4.95. The average Bonchev–Trinajstić information content (AvgIpc) is 3.68. The Morgan fingerprint density at radius 2 is 1.78 bits per heavy atom. The molecule has 0 atom stereocenters. The molecule has 1 aliphatic rings. The number of amides is 1. The van der Waals surface area contributed by atoms with E-state index in [4.69, 9.17) is 0 Å². The van der Waals surface area contributed by atoms with Crippen molar-refractivity contribution in [3.05, 3.63) is 94.4 Å². The number of benzene rings is 2. The molecule has 0 bridgehead atoms. The van der Waals surface area contributed by atoms with Gasteiger partial charge in [0.15, 0.2) is 0 Å². The maximum Gasteiger partial charge on any atom is 0.257 e. The molecule has 0 radical (unpaired) electrons. The van der Waals surface area contributed by atoms with Gasteiger partial charge in [-0.25, -0.2) is 4.98 Å². The van der Waals surface area contributed by atoms with Gasteiger partial charge in [0, 0.05) is 30.5 Å². The molecule has 4 aromatic rings. The minimum atomic E-state index is -0.341. The van der Waals surface area contributed by atoms with Gasteiger partial charge in [0.2, 0.25) is 5.43 Å². The van der Waals surface area contributed by atoms with Gasteiger partial charge in [0.25, 0.3) is 5.91 Å². The maximum atomic E-state index is 13.1. The molecule has 1 saturated carbocycles. The van der Waals surface area contributed by atoms with Crippen molar-refractivity contribution >= 4 is 22.7 Å². The van der Waals surface area contributed by atoms with Crippen LogP contribution in [0.3, 0.4) is 0 Å². The molecule has 2 aromatic heterocycles. The van der Waals surface area contributed by atoms with E-state index < -0.39 is 0 Å². The van der Waals surface area contributed by atoms with Crippen LogP contribution in [0.1, 0.15) is 56.0 Å². The number of aromatic nitrogens is 2. The highest BCUT2D eigenvalue weighted by molar-refractivity contribution is 5.97. The minimum absolute atomic E-state index is 0.0881. The number of pyridine rings is 2. The fourth-order valence-corrected chi connectivity index (χ4v) is 4.95. The third-order valence-corrected chi connectivity index (χ3v) is 6.74. The van der Waals surface area contributed by atoms with Gasteiger partial charge in [-0.3, -0.25) is 9.59 Å². The van der Waals surface area contributed by atoms with Crippen molar-refractivity contribution in [1.29, 1.82) is 0 Å². The number of carbonyl (C=O) groups excluding carboxylic acids is 2. The Bertz CT molecular complexity index is 1550. The average molecular weight is 494 g/mol. The number of fused-ring (bicyclic) bond motifs is 1. The summed E-state index contributed by atoms with van der Waals surface area (Å²) in [6.45, 7) is 5.88. The highest BCUT2D eigenvalue weighted by atomic mass is 16.2. The van der Waals surface area contributed by atoms with E-state index >= 15 is 0 Å². The Kier molecular flexibility index (Phi) is 6.50. The summed E-state index contributed by atoms with van der Waals surface area (Å²) in [6.07, 6.45) is 6.54. The van der Waals surface area contributed by atoms with Crippen molar-refractivity contribution in [2.45, 2.75) is 52.5 Å². The van der Waals surface area contributed by atoms with Crippen molar-refractivity contribution < 1.29 is 9.59 Å². The first kappa shape index (κ1) is 24.6. The Morgan fingerprint density at radius 3 is 2.49 bits per heavy atom. The van der Waals surface area contributed by atoms with E-state index in [-0.39, 0.29) is 34.1 Å². The first-order chi connectivity index (χ1) is 17.7. The van der Waals surface area contributed by atoms with Crippen molar-refractivity contribution in [3.63, 3.8) is 0 Å². The van der Waals surface area contributed by atoms with Crippen LogP contribution >= 0.6 is 0 Å². The molecule has 6 nitrogen and oxygen atoms in total. The molecule has 37 heavy (non-hydrogen) atoms. The van der Waals surface area contributed by atoms with Gasteiger partial charge in [0.1, 0.15) is 17.0 Å². The summed E-state index contributed by atoms with van der Waals surface area (Å²) >= 11 is 0. The van der Waals surface area contributed by atoms with Crippen LogP contribution in [-0.2, 0) is 11.2 Å². The summed E-state index contributed by atoms with van der Waals surface area (Å²) in [7, 11) is 0. The number of nitrogens with one attached hydrogen (secondary N) is 1. The van der Waals surface area contributed by atoms with Gasteiger partial charge >= 0.3 is 0 Å². The normalized spacial score (nSPS) is 13.5. The predicted octanol–water partition coefficient (Wildman–Crippen LogP) is 5.49. The lowest BCUT2D eigenvalue weighted by Crippen LogP contribution is -2.31. The van der Waals surface area contributed by atoms with Gasteiger partial charge in [-0.05, 0) is 72.6 Å². The highest BCUT2D eigenvalue weighted by Crippen LogP contribution is 2.29. The lowest BCUT2D eigenvalue weighted by atomic mass is 9.81. The van der Waals surface area contributed by atoms with E-state index in [1.165, 1.54) is 5.56 Å². The zero-order valence-corrected chi connectivity index (χ0v) is 21.5. The number of Topliss-reactive ketones (excluding diaryl/α,β-unsaturated/α-hetero) is 1.